The Labute approximate surface area is 246 Å². The van der Waals surface area contributed by atoms with E-state index in [1.165, 1.54) is 5.57 Å². The van der Waals surface area contributed by atoms with E-state index in [0.717, 1.165) is 28.7 Å². The van der Waals surface area contributed by atoms with Crippen molar-refractivity contribution < 1.29 is 36.0 Å². The van der Waals surface area contributed by atoms with Crippen LogP contribution in [0.1, 0.15) is 49.3 Å². The van der Waals surface area contributed by atoms with Crippen molar-refractivity contribution in [1.82, 2.24) is 5.32 Å². The highest BCUT2D eigenvalue weighted by Crippen LogP contribution is 2.39. The maximum atomic E-state index is 12.9. The summed E-state index contributed by atoms with van der Waals surface area (Å²) in [4.78, 5) is 0. The molecule has 1 unspecified atom stereocenters. The lowest BCUT2D eigenvalue weighted by molar-refractivity contribution is -0.284. The molecule has 2 N–H and O–H groups in total. The Morgan fingerprint density at radius 2 is 1.40 bits per heavy atom. The van der Waals surface area contributed by atoms with Crippen molar-refractivity contribution in [3.05, 3.63) is 95.6 Å². The monoisotopic (exact) mass is 609 g/mol. The standard InChI is InChI=1S/C32H36F5NO3S/c1-2-29(24-8-4-3-5-9-24)30(25-10-14-27(39)15-11-25)26-12-16-28(17-13-26)41-21-20-38-19-7-23-42(40)22-6-18-31(33,34)32(35,36)37/h3-5,8-17,38-39H,2,6-7,18-23H2,1H3/b30-29+. The Kier molecular flexibility index (Phi) is 12.5. The Balaban J connectivity index is 1.47. The van der Waals surface area contributed by atoms with Gasteiger partial charge in [-0.3, -0.25) is 4.21 Å². The molecule has 0 saturated heterocycles. The molecule has 3 aromatic rings. The van der Waals surface area contributed by atoms with Gasteiger partial charge in [-0.25, -0.2) is 0 Å². The zero-order valence-corrected chi connectivity index (χ0v) is 24.2. The number of phenolic OH excluding ortho intramolecular Hbond substituents is 1. The molecule has 1 atom stereocenters. The van der Waals surface area contributed by atoms with E-state index in [4.69, 9.17) is 4.74 Å². The van der Waals surface area contributed by atoms with E-state index in [1.807, 2.05) is 54.6 Å². The number of allylic oxidation sites excluding steroid dienone is 1. The molecule has 10 heteroatoms. The largest absolute Gasteiger partial charge is 0.508 e. The van der Waals surface area contributed by atoms with Crippen molar-refractivity contribution in [3.63, 3.8) is 0 Å². The van der Waals surface area contributed by atoms with Crippen LogP contribution in [0.2, 0.25) is 0 Å². The van der Waals surface area contributed by atoms with Gasteiger partial charge >= 0.3 is 12.1 Å². The summed E-state index contributed by atoms with van der Waals surface area (Å²) >= 11 is 0. The number of rotatable bonds is 16. The molecule has 0 bridgehead atoms. The summed E-state index contributed by atoms with van der Waals surface area (Å²) in [5, 5.41) is 13.0. The third-order valence-corrected chi connectivity index (χ3v) is 8.12. The fourth-order valence-corrected chi connectivity index (χ4v) is 5.59. The molecule has 0 aliphatic rings. The van der Waals surface area contributed by atoms with Gasteiger partial charge in [0.1, 0.15) is 18.1 Å². The van der Waals surface area contributed by atoms with Gasteiger partial charge in [-0.05, 0) is 77.9 Å². The molecule has 0 aliphatic carbocycles. The van der Waals surface area contributed by atoms with Gasteiger partial charge in [0, 0.05) is 35.3 Å². The lowest BCUT2D eigenvalue weighted by Gasteiger charge is -2.19. The Hall–Kier alpha value is -3.24. The van der Waals surface area contributed by atoms with Crippen LogP contribution < -0.4 is 10.1 Å². The number of halogens is 5. The van der Waals surface area contributed by atoms with Gasteiger partial charge in [0.2, 0.25) is 0 Å². The molecule has 228 valence electrons. The maximum Gasteiger partial charge on any atom is 0.453 e. The summed E-state index contributed by atoms with van der Waals surface area (Å²) < 4.78 is 80.1. The van der Waals surface area contributed by atoms with Crippen molar-refractivity contribution >= 4 is 21.9 Å². The molecule has 0 aromatic heterocycles. The van der Waals surface area contributed by atoms with Crippen LogP contribution in [0.15, 0.2) is 78.9 Å². The van der Waals surface area contributed by atoms with Crippen LogP contribution in [0, 0.1) is 0 Å². The lowest BCUT2D eigenvalue weighted by Crippen LogP contribution is -2.36. The van der Waals surface area contributed by atoms with E-state index in [0.29, 0.717) is 31.9 Å². The second-order valence-corrected chi connectivity index (χ2v) is 11.4. The van der Waals surface area contributed by atoms with Crippen molar-refractivity contribution in [2.75, 3.05) is 31.2 Å². The number of ether oxygens (including phenoxy) is 1. The quantitative estimate of drug-likeness (QED) is 0.0987. The van der Waals surface area contributed by atoms with Crippen LogP contribution in [-0.4, -0.2) is 52.6 Å². The van der Waals surface area contributed by atoms with E-state index in [1.54, 1.807) is 12.1 Å². The Morgan fingerprint density at radius 1 is 0.810 bits per heavy atom. The first-order chi connectivity index (χ1) is 20.0. The minimum atomic E-state index is -5.57. The van der Waals surface area contributed by atoms with Crippen molar-refractivity contribution in [2.45, 2.75) is 44.7 Å². The summed E-state index contributed by atoms with van der Waals surface area (Å²) in [5.41, 5.74) is 5.39. The van der Waals surface area contributed by atoms with E-state index in [2.05, 4.69) is 24.4 Å². The highest BCUT2D eigenvalue weighted by atomic mass is 32.2. The third-order valence-electron chi connectivity index (χ3n) is 6.63. The summed E-state index contributed by atoms with van der Waals surface area (Å²) in [5.74, 6) is -3.80. The Bertz CT molecular complexity index is 1290. The lowest BCUT2D eigenvalue weighted by atomic mass is 9.88. The molecule has 4 nitrogen and oxygen atoms in total. The summed E-state index contributed by atoms with van der Waals surface area (Å²) in [7, 11) is -1.44. The van der Waals surface area contributed by atoms with Crippen LogP contribution in [0.4, 0.5) is 22.0 Å². The highest BCUT2D eigenvalue weighted by molar-refractivity contribution is 7.84. The molecule has 0 spiro atoms. The smallest absolute Gasteiger partial charge is 0.453 e. The van der Waals surface area contributed by atoms with Crippen LogP contribution in [-0.2, 0) is 10.8 Å². The van der Waals surface area contributed by atoms with E-state index in [9.17, 15) is 31.3 Å². The number of phenols is 1. The molecule has 0 aliphatic heterocycles. The molecular formula is C32H36F5NO3S. The number of alkyl halides is 5. The minimum Gasteiger partial charge on any atom is -0.508 e. The first-order valence-electron chi connectivity index (χ1n) is 13.8. The second-order valence-electron chi connectivity index (χ2n) is 9.75. The zero-order valence-electron chi connectivity index (χ0n) is 23.4. The average Bonchev–Trinajstić information content (AvgIpc) is 2.96. The molecule has 0 radical (unpaired) electrons. The topological polar surface area (TPSA) is 58.6 Å². The molecule has 0 amide bonds. The van der Waals surface area contributed by atoms with Gasteiger partial charge in [-0.15, -0.1) is 0 Å². The normalized spacial score (nSPS) is 13.5. The fourth-order valence-electron chi connectivity index (χ4n) is 4.45. The number of aromatic hydroxyl groups is 1. The molecule has 42 heavy (non-hydrogen) atoms. The first-order valence-corrected chi connectivity index (χ1v) is 15.3. The van der Waals surface area contributed by atoms with Crippen molar-refractivity contribution in [2.24, 2.45) is 0 Å². The maximum absolute atomic E-state index is 12.9. The van der Waals surface area contributed by atoms with Crippen LogP contribution in [0.5, 0.6) is 11.5 Å². The summed E-state index contributed by atoms with van der Waals surface area (Å²) in [6.07, 6.45) is -6.05. The SMILES string of the molecule is CC/C(=C(/c1ccc(O)cc1)c1ccc(OCCNCCCS(=O)CCCC(F)(F)C(F)(F)F)cc1)c1ccccc1. The number of benzene rings is 3. The number of nitrogens with one attached hydrogen (secondary N) is 1. The van der Waals surface area contributed by atoms with Gasteiger partial charge < -0.3 is 15.2 Å². The first kappa shape index (κ1) is 33.3. The van der Waals surface area contributed by atoms with E-state index in [-0.39, 0.29) is 17.3 Å². The third kappa shape index (κ3) is 9.94. The molecule has 3 aromatic carbocycles. The van der Waals surface area contributed by atoms with E-state index >= 15 is 0 Å². The summed E-state index contributed by atoms with van der Waals surface area (Å²) in [6, 6.07) is 25.1. The number of hydrogen-bond acceptors (Lipinski definition) is 4. The second kappa shape index (κ2) is 15.8. The van der Waals surface area contributed by atoms with Gasteiger partial charge in [0.05, 0.1) is 0 Å². The number of hydrogen-bond donors (Lipinski definition) is 2. The predicted octanol–water partition coefficient (Wildman–Crippen LogP) is 7.85. The molecule has 0 heterocycles. The predicted molar refractivity (Wildman–Crippen MR) is 158 cm³/mol. The average molecular weight is 610 g/mol. The van der Waals surface area contributed by atoms with E-state index < -0.39 is 35.7 Å². The zero-order chi connectivity index (χ0) is 30.6. The summed E-state index contributed by atoms with van der Waals surface area (Å²) in [6.45, 7) is 3.55. The van der Waals surface area contributed by atoms with Gasteiger partial charge in [-0.2, -0.15) is 22.0 Å². The van der Waals surface area contributed by atoms with Gasteiger partial charge in [0.15, 0.2) is 0 Å². The molecule has 0 saturated carbocycles. The van der Waals surface area contributed by atoms with Gasteiger partial charge in [0.25, 0.3) is 0 Å². The van der Waals surface area contributed by atoms with Crippen LogP contribution in [0.25, 0.3) is 11.1 Å². The molecule has 3 rings (SSSR count). The Morgan fingerprint density at radius 3 is 2.00 bits per heavy atom. The van der Waals surface area contributed by atoms with Gasteiger partial charge in [-0.1, -0.05) is 61.5 Å². The highest BCUT2D eigenvalue weighted by Gasteiger charge is 2.56. The van der Waals surface area contributed by atoms with Crippen molar-refractivity contribution in [3.8, 4) is 11.5 Å². The van der Waals surface area contributed by atoms with Crippen LogP contribution >= 0.6 is 0 Å². The fraction of sp³-hybridized carbons (Fsp3) is 0.375. The minimum absolute atomic E-state index is 0.181. The molecular weight excluding hydrogens is 573 g/mol. The van der Waals surface area contributed by atoms with Crippen molar-refractivity contribution in [1.29, 1.82) is 0 Å². The molecule has 0 fully saturated rings. The van der Waals surface area contributed by atoms with Crippen LogP contribution in [0.3, 0.4) is 0 Å².